The van der Waals surface area contributed by atoms with Crippen molar-refractivity contribution < 1.29 is 37.4 Å². The van der Waals surface area contributed by atoms with Crippen LogP contribution >= 0.6 is 11.8 Å². The van der Waals surface area contributed by atoms with Crippen molar-refractivity contribution in [3.05, 3.63) is 64.1 Å². The van der Waals surface area contributed by atoms with E-state index in [9.17, 15) is 32.7 Å². The number of ketones is 2. The van der Waals surface area contributed by atoms with Crippen molar-refractivity contribution in [1.29, 1.82) is 0 Å². The molecule has 10 heteroatoms. The molecular weight excluding hydrogens is 471 g/mol. The minimum absolute atomic E-state index is 0.0442. The van der Waals surface area contributed by atoms with Crippen molar-refractivity contribution in [1.82, 2.24) is 4.90 Å². The van der Waals surface area contributed by atoms with Gasteiger partial charge in [0.05, 0.1) is 5.56 Å². The molecule has 6 nitrogen and oxygen atoms in total. The number of alkyl halides is 3. The molecule has 1 fully saturated rings. The van der Waals surface area contributed by atoms with E-state index in [2.05, 4.69) is 0 Å². The highest BCUT2D eigenvalue weighted by atomic mass is 32.2. The summed E-state index contributed by atoms with van der Waals surface area (Å²) in [5.41, 5.74) is -0.975. The third-order valence-electron chi connectivity index (χ3n) is 6.41. The first kappa shape index (κ1) is 22.5. The number of allylic oxidation sites excluding steroid dienone is 1. The van der Waals surface area contributed by atoms with Gasteiger partial charge in [0.25, 0.3) is 0 Å². The zero-order valence-electron chi connectivity index (χ0n) is 17.6. The standard InChI is InChI=1S/C24H18F3NO5S/c25-24(26,27)17-4-2-1-3-14(17)13-5-6-15-16(11-13)20-21(19(30)18(15)29)34-12-23(33-20)7-9-28(10-8-23)22(31)32/h1-6,11H,7-10,12H2,(H,31,32). The van der Waals surface area contributed by atoms with E-state index in [0.29, 0.717) is 18.6 Å². The molecule has 2 aromatic carbocycles. The zero-order valence-corrected chi connectivity index (χ0v) is 18.5. The molecule has 0 radical (unpaired) electrons. The van der Waals surface area contributed by atoms with E-state index in [-0.39, 0.29) is 46.0 Å². The topological polar surface area (TPSA) is 83.9 Å². The molecule has 1 spiro atoms. The molecule has 1 aliphatic carbocycles. The van der Waals surface area contributed by atoms with Gasteiger partial charge in [0.2, 0.25) is 11.6 Å². The van der Waals surface area contributed by atoms with Crippen LogP contribution in [0, 0.1) is 0 Å². The quantitative estimate of drug-likeness (QED) is 0.563. The summed E-state index contributed by atoms with van der Waals surface area (Å²) in [5.74, 6) is -0.860. The minimum Gasteiger partial charge on any atom is -0.484 e. The number of rotatable bonds is 1. The predicted octanol–water partition coefficient (Wildman–Crippen LogP) is 5.08. The number of likely N-dealkylation sites (tertiary alicyclic amines) is 1. The molecule has 2 heterocycles. The van der Waals surface area contributed by atoms with Crippen molar-refractivity contribution >= 4 is 35.2 Å². The zero-order chi connectivity index (χ0) is 24.3. The van der Waals surface area contributed by atoms with Crippen LogP contribution in [0.3, 0.4) is 0 Å². The highest BCUT2D eigenvalue weighted by Crippen LogP contribution is 2.48. The van der Waals surface area contributed by atoms with Gasteiger partial charge in [-0.25, -0.2) is 4.79 Å². The van der Waals surface area contributed by atoms with Gasteiger partial charge >= 0.3 is 12.3 Å². The third-order valence-corrected chi connectivity index (χ3v) is 7.74. The van der Waals surface area contributed by atoms with E-state index in [0.717, 1.165) is 6.07 Å². The van der Waals surface area contributed by atoms with E-state index < -0.39 is 35.0 Å². The molecule has 0 unspecified atom stereocenters. The van der Waals surface area contributed by atoms with E-state index >= 15 is 0 Å². The maximum Gasteiger partial charge on any atom is 0.417 e. The maximum absolute atomic E-state index is 13.6. The lowest BCUT2D eigenvalue weighted by Crippen LogP contribution is -2.50. The first-order valence-corrected chi connectivity index (χ1v) is 11.5. The fourth-order valence-electron chi connectivity index (χ4n) is 4.56. The Labute approximate surface area is 196 Å². The van der Waals surface area contributed by atoms with Gasteiger partial charge in [0, 0.05) is 42.8 Å². The first-order chi connectivity index (χ1) is 16.1. The Morgan fingerprint density at radius 3 is 2.38 bits per heavy atom. The molecule has 176 valence electrons. The summed E-state index contributed by atoms with van der Waals surface area (Å²) in [6.45, 7) is 0.522. The Kier molecular flexibility index (Phi) is 5.23. The Morgan fingerprint density at radius 2 is 1.71 bits per heavy atom. The Morgan fingerprint density at radius 1 is 1.00 bits per heavy atom. The summed E-state index contributed by atoms with van der Waals surface area (Å²) in [6.07, 6.45) is -4.79. The molecule has 3 aliphatic rings. The van der Waals surface area contributed by atoms with Gasteiger partial charge < -0.3 is 14.7 Å². The second-order valence-electron chi connectivity index (χ2n) is 8.46. The maximum atomic E-state index is 13.6. The van der Waals surface area contributed by atoms with Gasteiger partial charge in [-0.2, -0.15) is 13.2 Å². The molecule has 0 saturated carbocycles. The van der Waals surface area contributed by atoms with Crippen molar-refractivity contribution in [3.8, 4) is 11.1 Å². The average Bonchev–Trinajstić information content (AvgIpc) is 2.82. The lowest BCUT2D eigenvalue weighted by Gasteiger charge is -2.44. The number of nitrogens with zero attached hydrogens (tertiary/aromatic N) is 1. The third kappa shape index (κ3) is 3.66. The number of halogens is 3. The van der Waals surface area contributed by atoms with Crippen molar-refractivity contribution in [3.63, 3.8) is 0 Å². The number of fused-ring (bicyclic) bond motifs is 2. The number of carboxylic acid groups (broad SMARTS) is 1. The van der Waals surface area contributed by atoms with Gasteiger partial charge in [-0.05, 0) is 29.3 Å². The van der Waals surface area contributed by atoms with E-state index in [1.54, 1.807) is 0 Å². The molecule has 0 aromatic heterocycles. The van der Waals surface area contributed by atoms with Crippen molar-refractivity contribution in [2.75, 3.05) is 18.8 Å². The van der Waals surface area contributed by atoms with Crippen molar-refractivity contribution in [2.45, 2.75) is 24.6 Å². The lowest BCUT2D eigenvalue weighted by atomic mass is 9.88. The molecule has 5 rings (SSSR count). The van der Waals surface area contributed by atoms with Crippen LogP contribution in [0.5, 0.6) is 0 Å². The highest BCUT2D eigenvalue weighted by Gasteiger charge is 2.46. The molecule has 2 aliphatic heterocycles. The van der Waals surface area contributed by atoms with Crippen LogP contribution in [-0.4, -0.2) is 52.1 Å². The number of piperidine rings is 1. The lowest BCUT2D eigenvalue weighted by molar-refractivity contribution is -0.137. The largest absolute Gasteiger partial charge is 0.484 e. The summed E-state index contributed by atoms with van der Waals surface area (Å²) >= 11 is 1.18. The van der Waals surface area contributed by atoms with E-state index in [4.69, 9.17) is 4.74 Å². The second-order valence-corrected chi connectivity index (χ2v) is 9.45. The van der Waals surface area contributed by atoms with Crippen LogP contribution in [0.1, 0.15) is 34.3 Å². The van der Waals surface area contributed by atoms with E-state index in [1.165, 1.54) is 53.1 Å². The van der Waals surface area contributed by atoms with E-state index in [1.807, 2.05) is 0 Å². The SMILES string of the molecule is O=C1C(=O)c2ccc(-c3ccccc3C(F)(F)F)cc2C2=C1SCC1(CCN(C(=O)O)CC1)O2. The highest BCUT2D eigenvalue weighted by molar-refractivity contribution is 8.04. The normalized spacial score (nSPS) is 19.6. The Bertz CT molecular complexity index is 1260. The number of Topliss-reactive ketones (excluding diaryl/α,β-unsaturated/α-hetero) is 2. The number of ether oxygens (including phenoxy) is 1. The van der Waals surface area contributed by atoms with Crippen LogP contribution in [-0.2, 0) is 15.7 Å². The van der Waals surface area contributed by atoms with Gasteiger partial charge in [-0.15, -0.1) is 11.8 Å². The van der Waals surface area contributed by atoms with Crippen molar-refractivity contribution in [2.24, 2.45) is 0 Å². The summed E-state index contributed by atoms with van der Waals surface area (Å²) < 4.78 is 47.1. The first-order valence-electron chi connectivity index (χ1n) is 10.5. The molecule has 34 heavy (non-hydrogen) atoms. The molecule has 0 bridgehead atoms. The second kappa shape index (κ2) is 7.90. The fourth-order valence-corrected chi connectivity index (χ4v) is 5.83. The molecule has 1 saturated heterocycles. The monoisotopic (exact) mass is 489 g/mol. The summed E-state index contributed by atoms with van der Waals surface area (Å²) in [7, 11) is 0. The Hall–Kier alpha value is -3.27. The van der Waals surface area contributed by atoms with Crippen LogP contribution in [0.4, 0.5) is 18.0 Å². The molecule has 0 atom stereocenters. The fraction of sp³-hybridized carbons (Fsp3) is 0.292. The van der Waals surface area contributed by atoms with Crippen LogP contribution in [0.15, 0.2) is 47.4 Å². The summed E-state index contributed by atoms with van der Waals surface area (Å²) in [4.78, 5) is 38.2. The average molecular weight is 489 g/mol. The molecule has 1 amide bonds. The summed E-state index contributed by atoms with van der Waals surface area (Å²) in [5, 5.41) is 9.23. The van der Waals surface area contributed by atoms with Crippen LogP contribution < -0.4 is 0 Å². The Balaban J connectivity index is 1.58. The number of benzene rings is 2. The number of thioether (sulfide) groups is 1. The minimum atomic E-state index is -4.57. The molecule has 1 N–H and O–H groups in total. The molecular formula is C24H18F3NO5S. The smallest absolute Gasteiger partial charge is 0.417 e. The van der Waals surface area contributed by atoms with Gasteiger partial charge in [-0.3, -0.25) is 9.59 Å². The van der Waals surface area contributed by atoms with Gasteiger partial charge in [0.1, 0.15) is 16.3 Å². The number of amides is 1. The number of carbonyl (C=O) groups is 3. The number of hydrogen-bond donors (Lipinski definition) is 1. The van der Waals surface area contributed by atoms with Crippen LogP contribution in [0.25, 0.3) is 16.9 Å². The predicted molar refractivity (Wildman–Crippen MR) is 118 cm³/mol. The number of hydrogen-bond acceptors (Lipinski definition) is 5. The molecule has 2 aromatic rings. The van der Waals surface area contributed by atoms with Gasteiger partial charge in [-0.1, -0.05) is 24.3 Å². The number of carbonyl (C=O) groups excluding carboxylic acids is 2. The van der Waals surface area contributed by atoms with Gasteiger partial charge in [0.15, 0.2) is 0 Å². The van der Waals surface area contributed by atoms with Crippen LogP contribution in [0.2, 0.25) is 0 Å². The summed E-state index contributed by atoms with van der Waals surface area (Å²) in [6, 6.07) is 9.39.